The van der Waals surface area contributed by atoms with Crippen LogP contribution in [0, 0.1) is 10.1 Å². The number of rotatable bonds is 4. The largest absolute Gasteiger partial charge is 0.337 e. The molecule has 104 valence electrons. The molecular formula is C12H11ClN4O3. The Morgan fingerprint density at radius 1 is 1.55 bits per heavy atom. The molecule has 1 aromatic heterocycles. The molecule has 0 unspecified atom stereocenters. The lowest BCUT2D eigenvalue weighted by atomic mass is 10.1. The molecule has 0 bridgehead atoms. The Kier molecular flexibility index (Phi) is 3.99. The summed E-state index contributed by atoms with van der Waals surface area (Å²) in [7, 11) is 1.61. The quantitative estimate of drug-likeness (QED) is 0.691. The van der Waals surface area contributed by atoms with Gasteiger partial charge < -0.3 is 4.90 Å². The number of nitrogens with one attached hydrogen (secondary N) is 1. The molecule has 8 heteroatoms. The van der Waals surface area contributed by atoms with Gasteiger partial charge in [-0.15, -0.1) is 0 Å². The van der Waals surface area contributed by atoms with E-state index in [9.17, 15) is 14.9 Å². The van der Waals surface area contributed by atoms with E-state index in [-0.39, 0.29) is 22.2 Å². The number of aromatic nitrogens is 2. The van der Waals surface area contributed by atoms with Gasteiger partial charge in [-0.05, 0) is 12.1 Å². The van der Waals surface area contributed by atoms with E-state index < -0.39 is 4.92 Å². The van der Waals surface area contributed by atoms with Crippen molar-refractivity contribution >= 4 is 23.2 Å². The van der Waals surface area contributed by atoms with Crippen molar-refractivity contribution in [3.8, 4) is 0 Å². The van der Waals surface area contributed by atoms with Gasteiger partial charge in [-0.3, -0.25) is 20.0 Å². The molecule has 0 atom stereocenters. The lowest BCUT2D eigenvalue weighted by Gasteiger charge is -2.16. The summed E-state index contributed by atoms with van der Waals surface area (Å²) in [6.07, 6.45) is 3.28. The molecule has 2 rings (SSSR count). The topological polar surface area (TPSA) is 92.1 Å². The summed E-state index contributed by atoms with van der Waals surface area (Å²) in [4.78, 5) is 23.8. The Morgan fingerprint density at radius 3 is 2.90 bits per heavy atom. The number of nitro groups is 1. The number of benzene rings is 1. The van der Waals surface area contributed by atoms with Crippen LogP contribution in [0.15, 0.2) is 30.6 Å². The van der Waals surface area contributed by atoms with Crippen molar-refractivity contribution in [1.29, 1.82) is 0 Å². The third-order valence-corrected chi connectivity index (χ3v) is 3.03. The lowest BCUT2D eigenvalue weighted by molar-refractivity contribution is -0.384. The molecule has 0 aliphatic rings. The van der Waals surface area contributed by atoms with Crippen LogP contribution < -0.4 is 0 Å². The van der Waals surface area contributed by atoms with Crippen LogP contribution in [0.3, 0.4) is 0 Å². The van der Waals surface area contributed by atoms with Crippen LogP contribution in [0.25, 0.3) is 0 Å². The number of halogens is 1. The number of H-pyrrole nitrogens is 1. The summed E-state index contributed by atoms with van der Waals surface area (Å²) in [6.45, 7) is 0.353. The van der Waals surface area contributed by atoms with E-state index in [1.54, 1.807) is 19.4 Å². The van der Waals surface area contributed by atoms with Gasteiger partial charge in [0.15, 0.2) is 0 Å². The minimum absolute atomic E-state index is 0.00374. The third kappa shape index (κ3) is 2.94. The van der Waals surface area contributed by atoms with Crippen molar-refractivity contribution < 1.29 is 9.72 Å². The number of aromatic amines is 1. The van der Waals surface area contributed by atoms with E-state index in [0.717, 1.165) is 5.56 Å². The number of amides is 1. The summed E-state index contributed by atoms with van der Waals surface area (Å²) in [6, 6.07) is 3.98. The number of nitro benzene ring substituents is 1. The lowest BCUT2D eigenvalue weighted by Crippen LogP contribution is -2.26. The molecule has 1 aromatic carbocycles. The molecule has 20 heavy (non-hydrogen) atoms. The van der Waals surface area contributed by atoms with Crippen LogP contribution in [0.1, 0.15) is 15.9 Å². The molecule has 0 saturated carbocycles. The van der Waals surface area contributed by atoms with Gasteiger partial charge in [0.05, 0.1) is 11.1 Å². The molecule has 7 nitrogen and oxygen atoms in total. The van der Waals surface area contributed by atoms with Crippen LogP contribution in [0.4, 0.5) is 5.69 Å². The van der Waals surface area contributed by atoms with E-state index in [0.29, 0.717) is 6.54 Å². The zero-order valence-electron chi connectivity index (χ0n) is 10.5. The summed E-state index contributed by atoms with van der Waals surface area (Å²) < 4.78 is 0. The molecule has 0 radical (unpaired) electrons. The van der Waals surface area contributed by atoms with Crippen molar-refractivity contribution in [2.75, 3.05) is 7.05 Å². The van der Waals surface area contributed by atoms with Crippen LogP contribution in [-0.4, -0.2) is 33.0 Å². The van der Waals surface area contributed by atoms with Crippen molar-refractivity contribution in [2.45, 2.75) is 6.54 Å². The SMILES string of the molecule is CN(Cc1cn[nH]c1)C(=O)c1ccc(Cl)c([N+](=O)[O-])c1. The first kappa shape index (κ1) is 14.0. The first-order valence-electron chi connectivity index (χ1n) is 5.66. The second kappa shape index (κ2) is 5.70. The Balaban J connectivity index is 2.20. The Hall–Kier alpha value is -2.41. The number of nitrogens with zero attached hydrogens (tertiary/aromatic N) is 3. The van der Waals surface area contributed by atoms with Crippen LogP contribution in [-0.2, 0) is 6.54 Å². The van der Waals surface area contributed by atoms with E-state index in [1.807, 2.05) is 0 Å². The Bertz CT molecular complexity index is 642. The van der Waals surface area contributed by atoms with Crippen LogP contribution in [0.2, 0.25) is 5.02 Å². The van der Waals surface area contributed by atoms with Gasteiger partial charge in [-0.25, -0.2) is 0 Å². The average Bonchev–Trinajstić information content (AvgIpc) is 2.91. The van der Waals surface area contributed by atoms with Gasteiger partial charge in [0.1, 0.15) is 5.02 Å². The number of carbonyl (C=O) groups excluding carboxylic acids is 1. The predicted molar refractivity (Wildman–Crippen MR) is 72.5 cm³/mol. The number of carbonyl (C=O) groups is 1. The van der Waals surface area contributed by atoms with Gasteiger partial charge in [0.25, 0.3) is 11.6 Å². The summed E-state index contributed by atoms with van der Waals surface area (Å²) in [5, 5.41) is 17.2. The molecule has 0 aliphatic heterocycles. The molecule has 0 spiro atoms. The fourth-order valence-corrected chi connectivity index (χ4v) is 1.90. The third-order valence-electron chi connectivity index (χ3n) is 2.71. The number of hydrogen-bond donors (Lipinski definition) is 1. The van der Waals surface area contributed by atoms with Crippen molar-refractivity contribution in [3.05, 3.63) is 56.9 Å². The Morgan fingerprint density at radius 2 is 2.30 bits per heavy atom. The highest BCUT2D eigenvalue weighted by Crippen LogP contribution is 2.25. The standard InChI is InChI=1S/C12H11ClN4O3/c1-16(7-8-5-14-15-6-8)12(18)9-2-3-10(13)11(4-9)17(19)20/h2-6H,7H2,1H3,(H,14,15). The van der Waals surface area contributed by atoms with Crippen LogP contribution >= 0.6 is 11.6 Å². The fraction of sp³-hybridized carbons (Fsp3) is 0.167. The van der Waals surface area contributed by atoms with Crippen molar-refractivity contribution in [1.82, 2.24) is 15.1 Å². The molecule has 0 fully saturated rings. The molecular weight excluding hydrogens is 284 g/mol. The summed E-state index contributed by atoms with van der Waals surface area (Å²) in [5.41, 5.74) is 0.769. The molecule has 0 saturated heterocycles. The minimum Gasteiger partial charge on any atom is -0.337 e. The highest BCUT2D eigenvalue weighted by molar-refractivity contribution is 6.32. The molecule has 2 aromatic rings. The molecule has 1 amide bonds. The maximum Gasteiger partial charge on any atom is 0.288 e. The molecule has 1 N–H and O–H groups in total. The normalized spacial score (nSPS) is 10.3. The minimum atomic E-state index is -0.616. The van der Waals surface area contributed by atoms with Gasteiger partial charge >= 0.3 is 0 Å². The van der Waals surface area contributed by atoms with Crippen molar-refractivity contribution in [2.24, 2.45) is 0 Å². The number of hydrogen-bond acceptors (Lipinski definition) is 4. The van der Waals surface area contributed by atoms with Gasteiger partial charge in [-0.1, -0.05) is 11.6 Å². The van der Waals surface area contributed by atoms with E-state index >= 15 is 0 Å². The second-order valence-electron chi connectivity index (χ2n) is 4.19. The van der Waals surface area contributed by atoms with Gasteiger partial charge in [0.2, 0.25) is 0 Å². The maximum atomic E-state index is 12.2. The average molecular weight is 295 g/mol. The summed E-state index contributed by atoms with van der Waals surface area (Å²) >= 11 is 5.71. The van der Waals surface area contributed by atoms with Gasteiger partial charge in [-0.2, -0.15) is 5.10 Å². The Labute approximate surface area is 119 Å². The first-order valence-corrected chi connectivity index (χ1v) is 6.04. The first-order chi connectivity index (χ1) is 9.49. The highest BCUT2D eigenvalue weighted by Gasteiger charge is 2.18. The predicted octanol–water partition coefficient (Wildman–Crippen LogP) is 2.24. The van der Waals surface area contributed by atoms with E-state index in [1.165, 1.54) is 23.1 Å². The zero-order chi connectivity index (χ0) is 14.7. The molecule has 0 aliphatic carbocycles. The van der Waals surface area contributed by atoms with E-state index in [4.69, 9.17) is 11.6 Å². The summed E-state index contributed by atoms with van der Waals surface area (Å²) in [5.74, 6) is -0.328. The van der Waals surface area contributed by atoms with E-state index in [2.05, 4.69) is 10.2 Å². The van der Waals surface area contributed by atoms with Gasteiger partial charge in [0, 0.05) is 37.0 Å². The monoisotopic (exact) mass is 294 g/mol. The maximum absolute atomic E-state index is 12.2. The highest BCUT2D eigenvalue weighted by atomic mass is 35.5. The smallest absolute Gasteiger partial charge is 0.288 e. The van der Waals surface area contributed by atoms with Crippen LogP contribution in [0.5, 0.6) is 0 Å². The van der Waals surface area contributed by atoms with Crippen molar-refractivity contribution in [3.63, 3.8) is 0 Å². The second-order valence-corrected chi connectivity index (χ2v) is 4.60. The molecule has 1 heterocycles. The zero-order valence-corrected chi connectivity index (χ0v) is 11.3. The fourth-order valence-electron chi connectivity index (χ4n) is 1.72.